The van der Waals surface area contributed by atoms with Crippen LogP contribution in [0.25, 0.3) is 10.6 Å². The van der Waals surface area contributed by atoms with E-state index in [-0.39, 0.29) is 5.92 Å². The summed E-state index contributed by atoms with van der Waals surface area (Å²) in [5.74, 6) is 1.57. The van der Waals surface area contributed by atoms with E-state index in [1.165, 1.54) is 11.3 Å². The first-order valence-corrected chi connectivity index (χ1v) is 7.05. The van der Waals surface area contributed by atoms with E-state index in [1.807, 2.05) is 32.0 Å². The van der Waals surface area contributed by atoms with E-state index < -0.39 is 0 Å². The van der Waals surface area contributed by atoms with E-state index in [0.717, 1.165) is 16.3 Å². The number of rotatable bonds is 4. The van der Waals surface area contributed by atoms with Gasteiger partial charge in [-0.2, -0.15) is 5.26 Å². The standard InChI is InChI=1S/C15H16N2O2S/c1-9(2)14-13(8-16)20-15(17-14)10-5-6-11(18-3)12(7-10)19-4/h5-7,9H,1-4H3. The Bertz CT molecular complexity index is 656. The van der Waals surface area contributed by atoms with Crippen molar-refractivity contribution in [1.82, 2.24) is 4.98 Å². The minimum atomic E-state index is 0.231. The first kappa shape index (κ1) is 14.4. The van der Waals surface area contributed by atoms with Crippen molar-refractivity contribution < 1.29 is 9.47 Å². The summed E-state index contributed by atoms with van der Waals surface area (Å²) in [6.07, 6.45) is 0. The average Bonchev–Trinajstić information content (AvgIpc) is 2.91. The van der Waals surface area contributed by atoms with Gasteiger partial charge in [-0.05, 0) is 24.1 Å². The molecule has 0 aliphatic carbocycles. The molecule has 5 heteroatoms. The van der Waals surface area contributed by atoms with Gasteiger partial charge in [0.15, 0.2) is 11.5 Å². The average molecular weight is 288 g/mol. The second kappa shape index (κ2) is 5.93. The van der Waals surface area contributed by atoms with Crippen LogP contribution in [0, 0.1) is 11.3 Å². The van der Waals surface area contributed by atoms with E-state index in [9.17, 15) is 5.26 Å². The van der Waals surface area contributed by atoms with E-state index in [2.05, 4.69) is 11.1 Å². The number of aromatic nitrogens is 1. The molecular weight excluding hydrogens is 272 g/mol. The van der Waals surface area contributed by atoms with Crippen molar-refractivity contribution in [2.24, 2.45) is 0 Å². The highest BCUT2D eigenvalue weighted by atomic mass is 32.1. The molecule has 0 N–H and O–H groups in total. The van der Waals surface area contributed by atoms with Crippen molar-refractivity contribution in [3.63, 3.8) is 0 Å². The van der Waals surface area contributed by atoms with Crippen LogP contribution in [0.5, 0.6) is 11.5 Å². The fourth-order valence-corrected chi connectivity index (χ4v) is 2.91. The third-order valence-electron chi connectivity index (χ3n) is 2.93. The van der Waals surface area contributed by atoms with Gasteiger partial charge < -0.3 is 9.47 Å². The van der Waals surface area contributed by atoms with Crippen molar-refractivity contribution in [3.8, 4) is 28.1 Å². The molecule has 1 aromatic carbocycles. The quantitative estimate of drug-likeness (QED) is 0.858. The smallest absolute Gasteiger partial charge is 0.161 e. The Labute approximate surface area is 122 Å². The van der Waals surface area contributed by atoms with Gasteiger partial charge in [0.1, 0.15) is 16.0 Å². The summed E-state index contributed by atoms with van der Waals surface area (Å²) in [7, 11) is 3.20. The largest absolute Gasteiger partial charge is 0.493 e. The Kier molecular flexibility index (Phi) is 4.26. The SMILES string of the molecule is COc1ccc(-c2nc(C(C)C)c(C#N)s2)cc1OC. The minimum absolute atomic E-state index is 0.231. The van der Waals surface area contributed by atoms with Crippen LogP contribution in [0.2, 0.25) is 0 Å². The molecule has 4 nitrogen and oxygen atoms in total. The maximum Gasteiger partial charge on any atom is 0.161 e. The van der Waals surface area contributed by atoms with Crippen LogP contribution >= 0.6 is 11.3 Å². The van der Waals surface area contributed by atoms with E-state index in [1.54, 1.807) is 14.2 Å². The van der Waals surface area contributed by atoms with Crippen molar-refractivity contribution in [2.75, 3.05) is 14.2 Å². The molecule has 104 valence electrons. The summed E-state index contributed by atoms with van der Waals surface area (Å²) in [6.45, 7) is 4.07. The molecule has 20 heavy (non-hydrogen) atoms. The van der Waals surface area contributed by atoms with Gasteiger partial charge in [-0.15, -0.1) is 11.3 Å². The number of methoxy groups -OCH3 is 2. The molecule has 2 aromatic rings. The van der Waals surface area contributed by atoms with E-state index in [0.29, 0.717) is 16.4 Å². The molecule has 0 fully saturated rings. The van der Waals surface area contributed by atoms with Crippen LogP contribution in [-0.2, 0) is 0 Å². The van der Waals surface area contributed by atoms with Gasteiger partial charge >= 0.3 is 0 Å². The summed E-state index contributed by atoms with van der Waals surface area (Å²) in [4.78, 5) is 5.25. The number of nitrogens with zero attached hydrogens (tertiary/aromatic N) is 2. The first-order chi connectivity index (χ1) is 9.60. The lowest BCUT2D eigenvalue weighted by Gasteiger charge is -2.08. The third-order valence-corrected chi connectivity index (χ3v) is 3.96. The lowest BCUT2D eigenvalue weighted by molar-refractivity contribution is 0.355. The molecule has 2 rings (SSSR count). The molecular formula is C15H16N2O2S. The van der Waals surface area contributed by atoms with Crippen molar-refractivity contribution >= 4 is 11.3 Å². The molecule has 0 unspecified atom stereocenters. The summed E-state index contributed by atoms with van der Waals surface area (Å²) in [5, 5.41) is 10.0. The molecule has 1 heterocycles. The molecule has 0 saturated carbocycles. The van der Waals surface area contributed by atoms with E-state index in [4.69, 9.17) is 9.47 Å². The van der Waals surface area contributed by atoms with Crippen LogP contribution in [0.1, 0.15) is 30.3 Å². The van der Waals surface area contributed by atoms with Crippen molar-refractivity contribution in [2.45, 2.75) is 19.8 Å². The fraction of sp³-hybridized carbons (Fsp3) is 0.333. The number of thiazole rings is 1. The molecule has 0 amide bonds. The molecule has 0 radical (unpaired) electrons. The lowest BCUT2D eigenvalue weighted by Crippen LogP contribution is -1.92. The second-order valence-electron chi connectivity index (χ2n) is 4.57. The number of benzene rings is 1. The molecule has 0 saturated heterocycles. The van der Waals surface area contributed by atoms with Crippen LogP contribution in [0.15, 0.2) is 18.2 Å². The first-order valence-electron chi connectivity index (χ1n) is 6.24. The predicted molar refractivity (Wildman–Crippen MR) is 79.5 cm³/mol. The zero-order valence-corrected chi connectivity index (χ0v) is 12.7. The zero-order valence-electron chi connectivity index (χ0n) is 11.9. The van der Waals surface area contributed by atoms with Gasteiger partial charge in [-0.1, -0.05) is 13.8 Å². The summed E-state index contributed by atoms with van der Waals surface area (Å²) >= 11 is 1.40. The Morgan fingerprint density at radius 3 is 2.40 bits per heavy atom. The van der Waals surface area contributed by atoms with Gasteiger partial charge in [0.2, 0.25) is 0 Å². The van der Waals surface area contributed by atoms with Crippen molar-refractivity contribution in [3.05, 3.63) is 28.8 Å². The Morgan fingerprint density at radius 2 is 1.90 bits per heavy atom. The number of nitriles is 1. The molecule has 0 spiro atoms. The van der Waals surface area contributed by atoms with Crippen LogP contribution in [0.3, 0.4) is 0 Å². The Hall–Kier alpha value is -2.06. The van der Waals surface area contributed by atoms with Crippen LogP contribution in [-0.4, -0.2) is 19.2 Å². The van der Waals surface area contributed by atoms with Crippen molar-refractivity contribution in [1.29, 1.82) is 5.26 Å². The van der Waals surface area contributed by atoms with Gasteiger partial charge in [0.25, 0.3) is 0 Å². The predicted octanol–water partition coefficient (Wildman–Crippen LogP) is 3.82. The Balaban J connectivity index is 2.49. The number of ether oxygens (including phenoxy) is 2. The van der Waals surface area contributed by atoms with Gasteiger partial charge in [0, 0.05) is 5.56 Å². The summed E-state index contributed by atoms with van der Waals surface area (Å²) in [5.41, 5.74) is 1.78. The monoisotopic (exact) mass is 288 g/mol. The van der Waals surface area contributed by atoms with Gasteiger partial charge in [-0.25, -0.2) is 4.98 Å². The topological polar surface area (TPSA) is 55.1 Å². The van der Waals surface area contributed by atoms with Gasteiger partial charge in [0.05, 0.1) is 19.9 Å². The Morgan fingerprint density at radius 1 is 1.20 bits per heavy atom. The van der Waals surface area contributed by atoms with Gasteiger partial charge in [-0.3, -0.25) is 0 Å². The molecule has 0 aliphatic heterocycles. The molecule has 0 aliphatic rings. The number of hydrogen-bond acceptors (Lipinski definition) is 5. The molecule has 0 bridgehead atoms. The maximum absolute atomic E-state index is 9.19. The highest BCUT2D eigenvalue weighted by Crippen LogP contribution is 2.36. The molecule has 1 aromatic heterocycles. The summed E-state index contributed by atoms with van der Waals surface area (Å²) < 4.78 is 10.5. The second-order valence-corrected chi connectivity index (χ2v) is 5.57. The zero-order chi connectivity index (χ0) is 14.7. The number of hydrogen-bond donors (Lipinski definition) is 0. The molecule has 0 atom stereocenters. The lowest BCUT2D eigenvalue weighted by atomic mass is 10.1. The fourth-order valence-electron chi connectivity index (χ4n) is 1.90. The highest BCUT2D eigenvalue weighted by Gasteiger charge is 2.16. The van der Waals surface area contributed by atoms with Crippen LogP contribution < -0.4 is 9.47 Å². The maximum atomic E-state index is 9.19. The minimum Gasteiger partial charge on any atom is -0.493 e. The summed E-state index contributed by atoms with van der Waals surface area (Å²) in [6, 6.07) is 7.86. The normalized spacial score (nSPS) is 10.4. The highest BCUT2D eigenvalue weighted by molar-refractivity contribution is 7.15. The van der Waals surface area contributed by atoms with E-state index >= 15 is 0 Å². The third kappa shape index (κ3) is 2.61. The van der Waals surface area contributed by atoms with Crippen LogP contribution in [0.4, 0.5) is 0 Å².